The molecule has 2 rings (SSSR count). The predicted molar refractivity (Wildman–Crippen MR) is 77.1 cm³/mol. The fourth-order valence-electron chi connectivity index (χ4n) is 1.78. The van der Waals surface area contributed by atoms with Crippen molar-refractivity contribution in [2.24, 2.45) is 4.99 Å². The van der Waals surface area contributed by atoms with Crippen LogP contribution in [0.1, 0.15) is 5.69 Å². The molecule has 5 heteroatoms. The van der Waals surface area contributed by atoms with E-state index in [0.29, 0.717) is 6.61 Å². The van der Waals surface area contributed by atoms with E-state index < -0.39 is 0 Å². The van der Waals surface area contributed by atoms with Gasteiger partial charge in [0.25, 0.3) is 0 Å². The van der Waals surface area contributed by atoms with E-state index in [0.717, 1.165) is 22.8 Å². The Labute approximate surface area is 117 Å². The molecular weight excluding hydrogens is 260 g/mol. The second-order valence-corrected chi connectivity index (χ2v) is 4.92. The number of benzene rings is 1. The van der Waals surface area contributed by atoms with E-state index in [2.05, 4.69) is 21.9 Å². The van der Waals surface area contributed by atoms with Gasteiger partial charge < -0.3 is 14.0 Å². The van der Waals surface area contributed by atoms with Crippen LogP contribution in [0.5, 0.6) is 5.75 Å². The minimum atomic E-state index is 0.677. The molecule has 1 aromatic heterocycles. The first kappa shape index (κ1) is 13.8. The Morgan fingerprint density at radius 2 is 2.05 bits per heavy atom. The van der Waals surface area contributed by atoms with Gasteiger partial charge in [-0.2, -0.15) is 0 Å². The number of thiazole rings is 1. The first-order valence-electron chi connectivity index (χ1n) is 6.08. The number of aryl methyl sites for hydroxylation is 1. The first-order chi connectivity index (χ1) is 9.26. The lowest BCUT2D eigenvalue weighted by Gasteiger charge is -2.06. The molecule has 0 aliphatic heterocycles. The van der Waals surface area contributed by atoms with Crippen molar-refractivity contribution in [1.29, 1.82) is 0 Å². The van der Waals surface area contributed by atoms with Crippen LogP contribution in [0.4, 0.5) is 5.69 Å². The maximum absolute atomic E-state index is 5.32. The van der Waals surface area contributed by atoms with Crippen molar-refractivity contribution >= 4 is 17.0 Å². The van der Waals surface area contributed by atoms with Crippen LogP contribution >= 0.6 is 11.3 Å². The van der Waals surface area contributed by atoms with E-state index >= 15 is 0 Å². The topological polar surface area (TPSA) is 35.8 Å². The smallest absolute Gasteiger partial charge is 0.190 e. The molecule has 2 aromatic rings. The lowest BCUT2D eigenvalue weighted by atomic mass is 10.3. The van der Waals surface area contributed by atoms with Crippen molar-refractivity contribution in [1.82, 2.24) is 4.57 Å². The van der Waals surface area contributed by atoms with Gasteiger partial charge >= 0.3 is 0 Å². The number of ether oxygens (including phenoxy) is 2. The molecule has 0 spiro atoms. The van der Waals surface area contributed by atoms with Crippen molar-refractivity contribution in [3.63, 3.8) is 0 Å². The molecule has 0 saturated heterocycles. The average molecular weight is 278 g/mol. The molecule has 0 saturated carbocycles. The zero-order valence-corrected chi connectivity index (χ0v) is 12.2. The lowest BCUT2D eigenvalue weighted by molar-refractivity contribution is 0.186. The van der Waals surface area contributed by atoms with Crippen LogP contribution in [0.15, 0.2) is 34.6 Å². The van der Waals surface area contributed by atoms with Crippen LogP contribution in [0.3, 0.4) is 0 Å². The molecule has 0 amide bonds. The molecule has 0 bridgehead atoms. The Morgan fingerprint density at radius 3 is 2.79 bits per heavy atom. The van der Waals surface area contributed by atoms with E-state index in [1.807, 2.05) is 24.3 Å². The predicted octanol–water partition coefficient (Wildman–Crippen LogP) is 2.75. The zero-order valence-electron chi connectivity index (χ0n) is 11.4. The van der Waals surface area contributed by atoms with Crippen molar-refractivity contribution in [2.45, 2.75) is 13.5 Å². The van der Waals surface area contributed by atoms with Gasteiger partial charge in [-0.25, -0.2) is 4.99 Å². The monoisotopic (exact) mass is 278 g/mol. The molecule has 1 heterocycles. The van der Waals surface area contributed by atoms with Crippen molar-refractivity contribution in [3.05, 3.63) is 40.1 Å². The maximum atomic E-state index is 5.32. The number of methoxy groups -OCH3 is 2. The molecule has 0 radical (unpaired) electrons. The van der Waals surface area contributed by atoms with Gasteiger partial charge in [-0.05, 0) is 19.1 Å². The van der Waals surface area contributed by atoms with E-state index in [1.165, 1.54) is 5.69 Å². The highest BCUT2D eigenvalue weighted by Gasteiger charge is 2.03. The molecule has 0 unspecified atom stereocenters. The fourth-order valence-corrected chi connectivity index (χ4v) is 2.70. The highest BCUT2D eigenvalue weighted by molar-refractivity contribution is 7.07. The normalized spacial score (nSPS) is 11.8. The highest BCUT2D eigenvalue weighted by atomic mass is 32.1. The number of rotatable bonds is 5. The SMILES string of the molecule is COCCn1c(C)csc1=Nc1ccccc1OC. The van der Waals surface area contributed by atoms with Crippen LogP contribution < -0.4 is 9.54 Å². The Morgan fingerprint density at radius 1 is 1.26 bits per heavy atom. The van der Waals surface area contributed by atoms with Crippen molar-refractivity contribution in [2.75, 3.05) is 20.8 Å². The molecule has 0 aliphatic carbocycles. The fraction of sp³-hybridized carbons (Fsp3) is 0.357. The first-order valence-corrected chi connectivity index (χ1v) is 6.96. The third kappa shape index (κ3) is 3.24. The maximum Gasteiger partial charge on any atom is 0.190 e. The number of aromatic nitrogens is 1. The van der Waals surface area contributed by atoms with Crippen molar-refractivity contribution < 1.29 is 9.47 Å². The molecule has 0 fully saturated rings. The van der Waals surface area contributed by atoms with Gasteiger partial charge in [0.15, 0.2) is 4.80 Å². The molecule has 102 valence electrons. The minimum absolute atomic E-state index is 0.677. The van der Waals surface area contributed by atoms with E-state index in [-0.39, 0.29) is 0 Å². The summed E-state index contributed by atoms with van der Waals surface area (Å²) < 4.78 is 12.6. The Kier molecular flexibility index (Phi) is 4.76. The Hall–Kier alpha value is -1.59. The van der Waals surface area contributed by atoms with Gasteiger partial charge in [-0.15, -0.1) is 11.3 Å². The quantitative estimate of drug-likeness (QED) is 0.843. The number of hydrogen-bond acceptors (Lipinski definition) is 4. The zero-order chi connectivity index (χ0) is 13.7. The summed E-state index contributed by atoms with van der Waals surface area (Å²) in [7, 11) is 3.37. The summed E-state index contributed by atoms with van der Waals surface area (Å²) in [6.07, 6.45) is 0. The molecule has 0 aliphatic rings. The molecule has 1 aromatic carbocycles. The second-order valence-electron chi connectivity index (χ2n) is 4.09. The largest absolute Gasteiger partial charge is 0.494 e. The third-order valence-corrected chi connectivity index (χ3v) is 3.79. The minimum Gasteiger partial charge on any atom is -0.494 e. The van der Waals surface area contributed by atoms with Crippen LogP contribution in [-0.4, -0.2) is 25.4 Å². The molecular formula is C14H18N2O2S. The van der Waals surface area contributed by atoms with Crippen LogP contribution in [0, 0.1) is 6.92 Å². The van der Waals surface area contributed by atoms with E-state index in [1.54, 1.807) is 25.6 Å². The molecule has 4 nitrogen and oxygen atoms in total. The Balaban J connectivity index is 2.43. The standard InChI is InChI=1S/C14H18N2O2S/c1-11-10-19-14(16(11)8-9-17-2)15-12-6-4-5-7-13(12)18-3/h4-7,10H,8-9H2,1-3H3. The number of para-hydroxylation sites is 2. The van der Waals surface area contributed by atoms with Gasteiger partial charge in [-0.1, -0.05) is 12.1 Å². The van der Waals surface area contributed by atoms with Crippen LogP contribution in [0.2, 0.25) is 0 Å². The summed E-state index contributed by atoms with van der Waals surface area (Å²) in [5, 5.41) is 2.10. The summed E-state index contributed by atoms with van der Waals surface area (Å²) in [5.41, 5.74) is 2.04. The van der Waals surface area contributed by atoms with Crippen molar-refractivity contribution in [3.8, 4) is 5.75 Å². The van der Waals surface area contributed by atoms with Gasteiger partial charge in [0.1, 0.15) is 11.4 Å². The summed E-state index contributed by atoms with van der Waals surface area (Å²) in [6.45, 7) is 3.56. The molecule has 0 N–H and O–H groups in total. The van der Waals surface area contributed by atoms with E-state index in [9.17, 15) is 0 Å². The van der Waals surface area contributed by atoms with Gasteiger partial charge in [0, 0.05) is 24.7 Å². The molecule has 19 heavy (non-hydrogen) atoms. The van der Waals surface area contributed by atoms with Gasteiger partial charge in [-0.3, -0.25) is 0 Å². The van der Waals surface area contributed by atoms with Crippen LogP contribution in [-0.2, 0) is 11.3 Å². The average Bonchev–Trinajstić information content (AvgIpc) is 2.78. The number of hydrogen-bond donors (Lipinski definition) is 0. The summed E-state index contributed by atoms with van der Waals surface area (Å²) in [5.74, 6) is 0.784. The summed E-state index contributed by atoms with van der Waals surface area (Å²) >= 11 is 1.63. The number of nitrogens with zero attached hydrogens (tertiary/aromatic N) is 2. The second kappa shape index (κ2) is 6.54. The summed E-state index contributed by atoms with van der Waals surface area (Å²) in [4.78, 5) is 5.64. The Bertz CT molecular complexity index is 601. The van der Waals surface area contributed by atoms with E-state index in [4.69, 9.17) is 9.47 Å². The van der Waals surface area contributed by atoms with Crippen LogP contribution in [0.25, 0.3) is 0 Å². The highest BCUT2D eigenvalue weighted by Crippen LogP contribution is 2.25. The third-order valence-electron chi connectivity index (χ3n) is 2.81. The van der Waals surface area contributed by atoms with Gasteiger partial charge in [0.2, 0.25) is 0 Å². The lowest BCUT2D eigenvalue weighted by Crippen LogP contribution is -2.18. The summed E-state index contributed by atoms with van der Waals surface area (Å²) in [6, 6.07) is 7.77. The molecule has 0 atom stereocenters. The van der Waals surface area contributed by atoms with Gasteiger partial charge in [0.05, 0.1) is 13.7 Å².